The van der Waals surface area contributed by atoms with Crippen LogP contribution >= 0.6 is 0 Å². The van der Waals surface area contributed by atoms with Crippen molar-refractivity contribution in [3.63, 3.8) is 0 Å². The van der Waals surface area contributed by atoms with E-state index in [0.717, 1.165) is 11.6 Å². The predicted octanol–water partition coefficient (Wildman–Crippen LogP) is 3.95. The molecule has 3 aromatic rings. The maximum Gasteiger partial charge on any atom is 0.256 e. The van der Waals surface area contributed by atoms with E-state index in [1.165, 1.54) is 19.2 Å². The van der Waals surface area contributed by atoms with Crippen LogP contribution in [0.25, 0.3) is 0 Å². The number of nitrogens with one attached hydrogen (secondary N) is 1. The third-order valence-electron chi connectivity index (χ3n) is 3.64. The highest BCUT2D eigenvalue weighted by molar-refractivity contribution is 5.97. The number of benzene rings is 2. The first-order valence-corrected chi connectivity index (χ1v) is 7.42. The van der Waals surface area contributed by atoms with Crippen LogP contribution in [0.5, 0.6) is 5.75 Å². The zero-order chi connectivity index (χ0) is 16.9. The first-order valence-electron chi connectivity index (χ1n) is 7.42. The number of carbonyl (C=O) groups is 1. The molecule has 24 heavy (non-hydrogen) atoms. The molecular formula is C19H16FNO3. The Morgan fingerprint density at radius 1 is 1.12 bits per heavy atom. The summed E-state index contributed by atoms with van der Waals surface area (Å²) in [6, 6.07) is 16.3. The standard InChI is InChI=1S/C19H16FNO3/c1-23-16-10-9-14(20)12-15(16)19(22)21-18(17-8-5-11-24-17)13-6-3-2-4-7-13/h2-12,18H,1H3,(H,21,22). The minimum Gasteiger partial charge on any atom is -0.496 e. The number of halogens is 1. The third kappa shape index (κ3) is 3.30. The van der Waals surface area contributed by atoms with Crippen LogP contribution < -0.4 is 10.1 Å². The summed E-state index contributed by atoms with van der Waals surface area (Å²) in [6.45, 7) is 0. The maximum atomic E-state index is 13.5. The minimum absolute atomic E-state index is 0.130. The molecule has 1 unspecified atom stereocenters. The molecule has 122 valence electrons. The molecule has 0 spiro atoms. The Hall–Kier alpha value is -3.08. The van der Waals surface area contributed by atoms with Crippen molar-refractivity contribution in [1.29, 1.82) is 0 Å². The molecule has 0 saturated carbocycles. The van der Waals surface area contributed by atoms with Crippen molar-refractivity contribution < 1.29 is 18.3 Å². The number of amides is 1. The zero-order valence-electron chi connectivity index (χ0n) is 13.0. The van der Waals surface area contributed by atoms with E-state index in [0.29, 0.717) is 11.5 Å². The summed E-state index contributed by atoms with van der Waals surface area (Å²) in [5.74, 6) is -0.0584. The van der Waals surface area contributed by atoms with Crippen LogP contribution in [0.1, 0.15) is 27.7 Å². The Bertz CT molecular complexity index is 816. The fourth-order valence-electron chi connectivity index (χ4n) is 2.49. The van der Waals surface area contributed by atoms with Crippen LogP contribution in [-0.4, -0.2) is 13.0 Å². The van der Waals surface area contributed by atoms with Gasteiger partial charge >= 0.3 is 0 Å². The van der Waals surface area contributed by atoms with Crippen molar-refractivity contribution in [2.45, 2.75) is 6.04 Å². The second kappa shape index (κ2) is 7.00. The van der Waals surface area contributed by atoms with Gasteiger partial charge in [-0.1, -0.05) is 30.3 Å². The lowest BCUT2D eigenvalue weighted by Gasteiger charge is -2.18. The number of hydrogen-bond acceptors (Lipinski definition) is 3. The summed E-state index contributed by atoms with van der Waals surface area (Å²) in [5, 5.41) is 2.87. The summed E-state index contributed by atoms with van der Waals surface area (Å²) >= 11 is 0. The molecule has 3 rings (SSSR count). The number of rotatable bonds is 5. The zero-order valence-corrected chi connectivity index (χ0v) is 13.0. The molecular weight excluding hydrogens is 309 g/mol. The van der Waals surface area contributed by atoms with E-state index < -0.39 is 17.8 Å². The summed E-state index contributed by atoms with van der Waals surface area (Å²) < 4.78 is 24.1. The molecule has 0 bridgehead atoms. The van der Waals surface area contributed by atoms with Gasteiger partial charge in [0.15, 0.2) is 0 Å². The van der Waals surface area contributed by atoms with E-state index in [-0.39, 0.29) is 5.56 Å². The first kappa shape index (κ1) is 15.8. The lowest BCUT2D eigenvalue weighted by molar-refractivity contribution is 0.0935. The summed E-state index contributed by atoms with van der Waals surface area (Å²) in [4.78, 5) is 12.7. The molecule has 1 heterocycles. The Balaban J connectivity index is 1.94. The van der Waals surface area contributed by atoms with Crippen LogP contribution in [0.2, 0.25) is 0 Å². The highest BCUT2D eigenvalue weighted by atomic mass is 19.1. The predicted molar refractivity (Wildman–Crippen MR) is 87.4 cm³/mol. The highest BCUT2D eigenvalue weighted by Crippen LogP contribution is 2.25. The van der Waals surface area contributed by atoms with Crippen LogP contribution in [0.4, 0.5) is 4.39 Å². The monoisotopic (exact) mass is 325 g/mol. The quantitative estimate of drug-likeness (QED) is 0.773. The lowest BCUT2D eigenvalue weighted by atomic mass is 10.0. The smallest absolute Gasteiger partial charge is 0.256 e. The lowest BCUT2D eigenvalue weighted by Crippen LogP contribution is -2.29. The average Bonchev–Trinajstić information content (AvgIpc) is 3.14. The van der Waals surface area contributed by atoms with E-state index in [1.54, 1.807) is 18.4 Å². The van der Waals surface area contributed by atoms with Crippen molar-refractivity contribution in [2.75, 3.05) is 7.11 Å². The van der Waals surface area contributed by atoms with E-state index in [9.17, 15) is 9.18 Å². The number of carbonyl (C=O) groups excluding carboxylic acids is 1. The van der Waals surface area contributed by atoms with Crippen LogP contribution in [-0.2, 0) is 0 Å². The third-order valence-corrected chi connectivity index (χ3v) is 3.64. The minimum atomic E-state index is -0.504. The highest BCUT2D eigenvalue weighted by Gasteiger charge is 2.22. The van der Waals surface area contributed by atoms with E-state index in [2.05, 4.69) is 5.32 Å². The molecule has 0 saturated heterocycles. The van der Waals surface area contributed by atoms with Gasteiger partial charge in [-0.25, -0.2) is 4.39 Å². The van der Waals surface area contributed by atoms with E-state index >= 15 is 0 Å². The molecule has 4 nitrogen and oxygen atoms in total. The van der Waals surface area contributed by atoms with Gasteiger partial charge in [0, 0.05) is 0 Å². The molecule has 0 aliphatic rings. The second-order valence-electron chi connectivity index (χ2n) is 5.18. The Morgan fingerprint density at radius 3 is 2.58 bits per heavy atom. The Morgan fingerprint density at radius 2 is 1.92 bits per heavy atom. The molecule has 1 amide bonds. The molecule has 1 N–H and O–H groups in total. The van der Waals surface area contributed by atoms with Crippen LogP contribution in [0.15, 0.2) is 71.3 Å². The topological polar surface area (TPSA) is 51.5 Å². The molecule has 0 radical (unpaired) electrons. The van der Waals surface area contributed by atoms with Gasteiger partial charge in [0.1, 0.15) is 23.4 Å². The normalized spacial score (nSPS) is 11.8. The number of ether oxygens (including phenoxy) is 1. The van der Waals surface area contributed by atoms with Crippen LogP contribution in [0, 0.1) is 5.82 Å². The SMILES string of the molecule is COc1ccc(F)cc1C(=O)NC(c1ccccc1)c1ccco1. The fourth-order valence-corrected chi connectivity index (χ4v) is 2.49. The van der Waals surface area contributed by atoms with Gasteiger partial charge in [-0.05, 0) is 35.9 Å². The second-order valence-corrected chi connectivity index (χ2v) is 5.18. The molecule has 0 fully saturated rings. The number of hydrogen-bond donors (Lipinski definition) is 1. The molecule has 2 aromatic carbocycles. The van der Waals surface area contributed by atoms with Gasteiger partial charge in [-0.2, -0.15) is 0 Å². The first-order chi connectivity index (χ1) is 11.7. The molecule has 5 heteroatoms. The van der Waals surface area contributed by atoms with Gasteiger partial charge in [0.25, 0.3) is 5.91 Å². The van der Waals surface area contributed by atoms with Gasteiger partial charge in [-0.15, -0.1) is 0 Å². The Labute approximate surface area is 138 Å². The molecule has 0 aliphatic carbocycles. The van der Waals surface area contributed by atoms with Gasteiger partial charge in [0.05, 0.1) is 18.9 Å². The number of furan rings is 1. The Kier molecular flexibility index (Phi) is 4.61. The van der Waals surface area contributed by atoms with Gasteiger partial charge in [-0.3, -0.25) is 4.79 Å². The maximum absolute atomic E-state index is 13.5. The summed E-state index contributed by atoms with van der Waals surface area (Å²) in [5.41, 5.74) is 0.987. The molecule has 1 atom stereocenters. The van der Waals surface area contributed by atoms with Gasteiger partial charge in [0.2, 0.25) is 0 Å². The molecule has 1 aromatic heterocycles. The van der Waals surface area contributed by atoms with Gasteiger partial charge < -0.3 is 14.5 Å². The fraction of sp³-hybridized carbons (Fsp3) is 0.105. The van der Waals surface area contributed by atoms with Crippen molar-refractivity contribution in [1.82, 2.24) is 5.32 Å². The van der Waals surface area contributed by atoms with Crippen molar-refractivity contribution >= 4 is 5.91 Å². The van der Waals surface area contributed by atoms with Crippen molar-refractivity contribution in [2.24, 2.45) is 0 Å². The average molecular weight is 325 g/mol. The largest absolute Gasteiger partial charge is 0.496 e. The summed E-state index contributed by atoms with van der Waals surface area (Å²) in [7, 11) is 1.44. The van der Waals surface area contributed by atoms with E-state index in [1.807, 2.05) is 30.3 Å². The summed E-state index contributed by atoms with van der Waals surface area (Å²) in [6.07, 6.45) is 1.54. The number of methoxy groups -OCH3 is 1. The van der Waals surface area contributed by atoms with Crippen LogP contribution in [0.3, 0.4) is 0 Å². The molecule has 0 aliphatic heterocycles. The van der Waals surface area contributed by atoms with Crippen molar-refractivity contribution in [3.05, 3.63) is 89.6 Å². The van der Waals surface area contributed by atoms with Crippen molar-refractivity contribution in [3.8, 4) is 5.75 Å². The van der Waals surface area contributed by atoms with E-state index in [4.69, 9.17) is 9.15 Å².